The maximum absolute atomic E-state index is 10.6. The van der Waals surface area contributed by atoms with Gasteiger partial charge in [0.05, 0.1) is 5.56 Å². The Morgan fingerprint density at radius 2 is 2.00 bits per heavy atom. The van der Waals surface area contributed by atoms with Gasteiger partial charge in [0.2, 0.25) is 0 Å². The Morgan fingerprint density at radius 3 is 2.47 bits per heavy atom. The maximum Gasteiger partial charge on any atom is 0.335 e. The van der Waals surface area contributed by atoms with Gasteiger partial charge in [0.15, 0.2) is 0 Å². The van der Waals surface area contributed by atoms with Crippen LogP contribution in [-0.4, -0.2) is 24.3 Å². The van der Waals surface area contributed by atoms with Crippen LogP contribution in [-0.2, 0) is 10.7 Å². The molecule has 0 amide bonds. The van der Waals surface area contributed by atoms with E-state index in [0.717, 1.165) is 18.3 Å². The lowest BCUT2D eigenvalue weighted by molar-refractivity contribution is 0.0697. The molecule has 0 bridgehead atoms. The molecule has 3 nitrogen and oxygen atoms in total. The van der Waals surface area contributed by atoms with Crippen molar-refractivity contribution >= 4 is 14.1 Å². The molecule has 1 aromatic carbocycles. The summed E-state index contributed by atoms with van der Waals surface area (Å²) in [5, 5.41) is 8.72. The van der Waals surface area contributed by atoms with Gasteiger partial charge in [0.25, 0.3) is 0 Å². The first-order valence-electron chi connectivity index (χ1n) is 4.79. The number of aromatic carboxylic acids is 1. The Morgan fingerprint density at radius 1 is 1.40 bits per heavy atom. The van der Waals surface area contributed by atoms with Crippen LogP contribution in [0.2, 0.25) is 0 Å². The zero-order valence-corrected chi connectivity index (χ0v) is 9.83. The molecule has 0 spiro atoms. The van der Waals surface area contributed by atoms with Gasteiger partial charge in [-0.1, -0.05) is 12.1 Å². The van der Waals surface area contributed by atoms with Crippen molar-refractivity contribution in [3.05, 3.63) is 35.4 Å². The summed E-state index contributed by atoms with van der Waals surface area (Å²) in [6.07, 6.45) is 0.878. The number of hydrogen-bond donors (Lipinski definition) is 1. The minimum absolute atomic E-state index is 0.329. The van der Waals surface area contributed by atoms with Crippen molar-refractivity contribution in [2.45, 2.75) is 13.1 Å². The molecule has 15 heavy (non-hydrogen) atoms. The molecule has 1 aromatic rings. The van der Waals surface area contributed by atoms with E-state index in [9.17, 15) is 4.79 Å². The Balaban J connectivity index is 2.60. The second kappa shape index (κ2) is 5.84. The van der Waals surface area contributed by atoms with E-state index in [-0.39, 0.29) is 0 Å². The molecule has 0 aliphatic carbocycles. The van der Waals surface area contributed by atoms with Gasteiger partial charge in [-0.3, -0.25) is 0 Å². The van der Waals surface area contributed by atoms with Crippen molar-refractivity contribution in [2.75, 3.05) is 13.3 Å². The van der Waals surface area contributed by atoms with Crippen molar-refractivity contribution in [3.8, 4) is 0 Å². The zero-order chi connectivity index (χ0) is 11.3. The van der Waals surface area contributed by atoms with E-state index in [4.69, 9.17) is 9.63 Å². The number of hydrogen-bond acceptors (Lipinski definition) is 2. The van der Waals surface area contributed by atoms with Gasteiger partial charge in [0.1, 0.15) is 0 Å². The normalized spacial score (nSPS) is 12.4. The van der Waals surface area contributed by atoms with Gasteiger partial charge in [-0.2, -0.15) is 0 Å². The molecular formula is C11H15O3P. The fraction of sp³-hybridized carbons (Fsp3) is 0.364. The lowest BCUT2D eigenvalue weighted by Crippen LogP contribution is -1.96. The predicted octanol–water partition coefficient (Wildman–Crippen LogP) is 2.95. The molecule has 0 aromatic heterocycles. The smallest absolute Gasteiger partial charge is 0.335 e. The van der Waals surface area contributed by atoms with E-state index >= 15 is 0 Å². The summed E-state index contributed by atoms with van der Waals surface area (Å²) in [7, 11) is -0.429. The van der Waals surface area contributed by atoms with Crippen LogP contribution < -0.4 is 0 Å². The lowest BCUT2D eigenvalue weighted by atomic mass is 10.1. The Bertz CT molecular complexity index is 321. The highest BCUT2D eigenvalue weighted by Crippen LogP contribution is 2.36. The largest absolute Gasteiger partial charge is 0.478 e. The fourth-order valence-corrected chi connectivity index (χ4v) is 2.53. The Kier molecular flexibility index (Phi) is 4.73. The second-order valence-corrected chi connectivity index (χ2v) is 5.04. The molecule has 0 fully saturated rings. The summed E-state index contributed by atoms with van der Waals surface area (Å²) in [6, 6.07) is 6.96. The summed E-state index contributed by atoms with van der Waals surface area (Å²) in [5.41, 5.74) is 1.46. The predicted molar refractivity (Wildman–Crippen MR) is 61.6 cm³/mol. The molecule has 0 saturated heterocycles. The summed E-state index contributed by atoms with van der Waals surface area (Å²) in [5.74, 6) is -0.884. The van der Waals surface area contributed by atoms with E-state index in [1.165, 1.54) is 0 Å². The van der Waals surface area contributed by atoms with Gasteiger partial charge in [0, 0.05) is 20.9 Å². The number of carboxylic acids is 1. The van der Waals surface area contributed by atoms with Crippen molar-refractivity contribution in [1.82, 2.24) is 0 Å². The van der Waals surface area contributed by atoms with Crippen LogP contribution in [0, 0.1) is 0 Å². The monoisotopic (exact) mass is 226 g/mol. The first-order chi connectivity index (χ1) is 7.13. The average molecular weight is 226 g/mol. The van der Waals surface area contributed by atoms with Crippen LogP contribution in [0.1, 0.15) is 22.8 Å². The van der Waals surface area contributed by atoms with Gasteiger partial charge in [-0.25, -0.2) is 4.79 Å². The summed E-state index contributed by atoms with van der Waals surface area (Å²) >= 11 is 0. The highest BCUT2D eigenvalue weighted by atomic mass is 31.1. The molecule has 1 rings (SSSR count). The Labute approximate surface area is 90.9 Å². The molecule has 1 atom stereocenters. The van der Waals surface area contributed by atoms with Crippen molar-refractivity contribution in [3.63, 3.8) is 0 Å². The van der Waals surface area contributed by atoms with Crippen molar-refractivity contribution in [2.24, 2.45) is 0 Å². The van der Waals surface area contributed by atoms with Crippen molar-refractivity contribution < 1.29 is 14.4 Å². The molecular weight excluding hydrogens is 211 g/mol. The maximum atomic E-state index is 10.6. The topological polar surface area (TPSA) is 46.5 Å². The quantitative estimate of drug-likeness (QED) is 0.785. The Hall–Kier alpha value is -0.920. The van der Waals surface area contributed by atoms with Gasteiger partial charge >= 0.3 is 5.97 Å². The van der Waals surface area contributed by atoms with Crippen LogP contribution in [0.3, 0.4) is 0 Å². The SMILES string of the molecule is CCOP(C)Cc1ccc(C(=O)O)cc1. The standard InChI is InChI=1S/C11H15O3P/c1-3-14-15(2)8-9-4-6-10(7-5-9)11(12)13/h4-7H,3,8H2,1-2H3,(H,12,13). The molecule has 0 aliphatic rings. The minimum Gasteiger partial charge on any atom is -0.478 e. The molecule has 1 unspecified atom stereocenters. The summed E-state index contributed by atoms with van der Waals surface area (Å²) in [4.78, 5) is 10.6. The van der Waals surface area contributed by atoms with E-state index < -0.39 is 14.1 Å². The molecule has 82 valence electrons. The van der Waals surface area contributed by atoms with E-state index in [2.05, 4.69) is 6.66 Å². The minimum atomic E-state index is -0.884. The molecule has 0 heterocycles. The number of carboxylic acid groups (broad SMARTS) is 1. The number of rotatable bonds is 5. The highest BCUT2D eigenvalue weighted by Gasteiger charge is 2.05. The molecule has 0 saturated carbocycles. The zero-order valence-electron chi connectivity index (χ0n) is 8.93. The van der Waals surface area contributed by atoms with E-state index in [0.29, 0.717) is 5.56 Å². The van der Waals surface area contributed by atoms with Crippen LogP contribution >= 0.6 is 8.15 Å². The third-order valence-electron chi connectivity index (χ3n) is 1.96. The highest BCUT2D eigenvalue weighted by molar-refractivity contribution is 7.50. The first kappa shape index (κ1) is 12.2. The number of carbonyl (C=O) groups is 1. The second-order valence-electron chi connectivity index (χ2n) is 3.21. The third kappa shape index (κ3) is 3.98. The first-order valence-corrected chi connectivity index (χ1v) is 6.69. The van der Waals surface area contributed by atoms with Gasteiger partial charge in [-0.15, -0.1) is 0 Å². The molecule has 0 radical (unpaired) electrons. The van der Waals surface area contributed by atoms with Crippen LogP contribution in [0.5, 0.6) is 0 Å². The third-order valence-corrected chi connectivity index (χ3v) is 3.47. The molecule has 0 aliphatic heterocycles. The molecule has 4 heteroatoms. The van der Waals surface area contributed by atoms with Crippen LogP contribution in [0.25, 0.3) is 0 Å². The molecule has 1 N–H and O–H groups in total. The van der Waals surface area contributed by atoms with E-state index in [1.54, 1.807) is 12.1 Å². The van der Waals surface area contributed by atoms with Crippen molar-refractivity contribution in [1.29, 1.82) is 0 Å². The lowest BCUT2D eigenvalue weighted by Gasteiger charge is -2.11. The fourth-order valence-electron chi connectivity index (χ4n) is 1.28. The number of benzene rings is 1. The van der Waals surface area contributed by atoms with Gasteiger partial charge in [-0.05, 0) is 31.3 Å². The van der Waals surface area contributed by atoms with Crippen LogP contribution in [0.4, 0.5) is 0 Å². The van der Waals surface area contributed by atoms with Crippen LogP contribution in [0.15, 0.2) is 24.3 Å². The summed E-state index contributed by atoms with van der Waals surface area (Å²) in [6.45, 7) is 4.78. The van der Waals surface area contributed by atoms with E-state index in [1.807, 2.05) is 19.1 Å². The average Bonchev–Trinajstić information content (AvgIpc) is 2.18. The summed E-state index contributed by atoms with van der Waals surface area (Å²) < 4.78 is 5.47. The van der Waals surface area contributed by atoms with Gasteiger partial charge < -0.3 is 9.63 Å².